The first kappa shape index (κ1) is 14.2. The Labute approximate surface area is 127 Å². The molecule has 1 atom stereocenters. The number of likely N-dealkylation sites (tertiary alicyclic amines) is 1. The van der Waals surface area contributed by atoms with E-state index < -0.39 is 0 Å². The highest BCUT2D eigenvalue weighted by Crippen LogP contribution is 2.23. The third-order valence-electron chi connectivity index (χ3n) is 4.32. The maximum atomic E-state index is 4.46. The molecule has 3 rings (SSSR count). The molecule has 0 bridgehead atoms. The number of hydrogen-bond acceptors (Lipinski definition) is 3. The molecule has 2 aromatic heterocycles. The van der Waals surface area contributed by atoms with Crippen LogP contribution in [0.3, 0.4) is 0 Å². The summed E-state index contributed by atoms with van der Waals surface area (Å²) in [4.78, 5) is 11.3. The van der Waals surface area contributed by atoms with E-state index >= 15 is 0 Å². The van der Waals surface area contributed by atoms with E-state index in [4.69, 9.17) is 0 Å². The monoisotopic (exact) mass is 281 g/mol. The molecule has 0 aliphatic carbocycles. The molecule has 1 aliphatic heterocycles. The fourth-order valence-electron chi connectivity index (χ4n) is 3.22. The van der Waals surface area contributed by atoms with Crippen molar-refractivity contribution >= 4 is 0 Å². The van der Waals surface area contributed by atoms with Gasteiger partial charge >= 0.3 is 0 Å². The van der Waals surface area contributed by atoms with E-state index in [-0.39, 0.29) is 0 Å². The minimum absolute atomic E-state index is 0.695. The van der Waals surface area contributed by atoms with E-state index in [1.165, 1.54) is 37.1 Å². The van der Waals surface area contributed by atoms with Crippen LogP contribution in [0.4, 0.5) is 0 Å². The zero-order chi connectivity index (χ0) is 14.5. The van der Waals surface area contributed by atoms with Gasteiger partial charge in [-0.3, -0.25) is 14.9 Å². The Morgan fingerprint density at radius 3 is 2.95 bits per heavy atom. The standard InChI is InChI=1S/C18H23N3/c1-15-13-16(9-11-19-15)7-8-18-6-4-12-21(18)14-17-5-2-3-10-20-17/h2-3,5,9-11,13,18H,4,6-8,12,14H2,1H3/t18-/m1/s1. The van der Waals surface area contributed by atoms with Gasteiger partial charge < -0.3 is 0 Å². The second-order valence-electron chi connectivity index (χ2n) is 5.93. The van der Waals surface area contributed by atoms with Crippen LogP contribution < -0.4 is 0 Å². The fraction of sp³-hybridized carbons (Fsp3) is 0.444. The molecule has 2 aromatic rings. The van der Waals surface area contributed by atoms with Gasteiger partial charge in [0, 0.05) is 30.7 Å². The van der Waals surface area contributed by atoms with E-state index in [0.717, 1.165) is 18.7 Å². The minimum atomic E-state index is 0.695. The molecule has 1 fully saturated rings. The molecule has 0 N–H and O–H groups in total. The van der Waals surface area contributed by atoms with Crippen molar-refractivity contribution in [2.75, 3.05) is 6.54 Å². The van der Waals surface area contributed by atoms with E-state index in [9.17, 15) is 0 Å². The van der Waals surface area contributed by atoms with Gasteiger partial charge in [0.15, 0.2) is 0 Å². The Balaban J connectivity index is 1.57. The molecule has 110 valence electrons. The molecule has 0 aromatic carbocycles. The summed E-state index contributed by atoms with van der Waals surface area (Å²) in [6.07, 6.45) is 8.82. The summed E-state index contributed by atoms with van der Waals surface area (Å²) in [6, 6.07) is 11.2. The lowest BCUT2D eigenvalue weighted by Crippen LogP contribution is -2.29. The normalized spacial score (nSPS) is 19.0. The molecule has 0 spiro atoms. The highest BCUT2D eigenvalue weighted by molar-refractivity contribution is 5.15. The first-order valence-electron chi connectivity index (χ1n) is 7.87. The Kier molecular flexibility index (Phi) is 4.61. The van der Waals surface area contributed by atoms with Gasteiger partial charge in [0.25, 0.3) is 0 Å². The molecule has 0 radical (unpaired) electrons. The molecular formula is C18H23N3. The average Bonchev–Trinajstić information content (AvgIpc) is 2.93. The van der Waals surface area contributed by atoms with Crippen LogP contribution in [0.1, 0.15) is 36.2 Å². The van der Waals surface area contributed by atoms with Crippen LogP contribution in [0, 0.1) is 6.92 Å². The number of pyridine rings is 2. The maximum Gasteiger partial charge on any atom is 0.0544 e. The molecule has 3 heterocycles. The van der Waals surface area contributed by atoms with Crippen molar-refractivity contribution in [2.45, 2.75) is 45.2 Å². The zero-order valence-corrected chi connectivity index (χ0v) is 12.7. The summed E-state index contributed by atoms with van der Waals surface area (Å²) in [5.41, 5.74) is 3.71. The summed E-state index contributed by atoms with van der Waals surface area (Å²) in [5, 5.41) is 0. The first-order valence-corrected chi connectivity index (χ1v) is 7.87. The second-order valence-corrected chi connectivity index (χ2v) is 5.93. The summed E-state index contributed by atoms with van der Waals surface area (Å²) in [5.74, 6) is 0. The predicted molar refractivity (Wildman–Crippen MR) is 85.0 cm³/mol. The highest BCUT2D eigenvalue weighted by Gasteiger charge is 2.24. The van der Waals surface area contributed by atoms with Gasteiger partial charge in [0.1, 0.15) is 0 Å². The van der Waals surface area contributed by atoms with Crippen molar-refractivity contribution in [3.8, 4) is 0 Å². The summed E-state index contributed by atoms with van der Waals surface area (Å²) < 4.78 is 0. The topological polar surface area (TPSA) is 29.0 Å². The Morgan fingerprint density at radius 1 is 1.19 bits per heavy atom. The van der Waals surface area contributed by atoms with Gasteiger partial charge in [-0.25, -0.2) is 0 Å². The molecular weight excluding hydrogens is 258 g/mol. The SMILES string of the molecule is Cc1cc(CC[C@H]2CCCN2Cc2ccccn2)ccn1. The Morgan fingerprint density at radius 2 is 2.14 bits per heavy atom. The smallest absolute Gasteiger partial charge is 0.0544 e. The van der Waals surface area contributed by atoms with Gasteiger partial charge in [0.05, 0.1) is 5.69 Å². The van der Waals surface area contributed by atoms with Crippen molar-refractivity contribution in [1.29, 1.82) is 0 Å². The molecule has 1 aliphatic rings. The van der Waals surface area contributed by atoms with Crippen LogP contribution in [-0.2, 0) is 13.0 Å². The summed E-state index contributed by atoms with van der Waals surface area (Å²) in [7, 11) is 0. The fourth-order valence-corrected chi connectivity index (χ4v) is 3.22. The molecule has 0 amide bonds. The van der Waals surface area contributed by atoms with Crippen LogP contribution in [0.5, 0.6) is 0 Å². The van der Waals surface area contributed by atoms with Crippen LogP contribution in [0.15, 0.2) is 42.7 Å². The second kappa shape index (κ2) is 6.81. The highest BCUT2D eigenvalue weighted by atomic mass is 15.2. The van der Waals surface area contributed by atoms with Crippen molar-refractivity contribution in [1.82, 2.24) is 14.9 Å². The van der Waals surface area contributed by atoms with E-state index in [0.29, 0.717) is 6.04 Å². The van der Waals surface area contributed by atoms with Crippen molar-refractivity contribution in [3.63, 3.8) is 0 Å². The number of rotatable bonds is 5. The summed E-state index contributed by atoms with van der Waals surface area (Å²) in [6.45, 7) is 4.25. The minimum Gasteiger partial charge on any atom is -0.295 e. The van der Waals surface area contributed by atoms with Crippen LogP contribution in [0.25, 0.3) is 0 Å². The number of nitrogens with zero attached hydrogens (tertiary/aromatic N) is 3. The van der Waals surface area contributed by atoms with E-state index in [1.807, 2.05) is 18.5 Å². The first-order chi connectivity index (χ1) is 10.3. The number of hydrogen-bond donors (Lipinski definition) is 0. The average molecular weight is 281 g/mol. The molecule has 21 heavy (non-hydrogen) atoms. The van der Waals surface area contributed by atoms with Crippen LogP contribution >= 0.6 is 0 Å². The number of aromatic nitrogens is 2. The predicted octanol–water partition coefficient (Wildman–Crippen LogP) is 3.38. The van der Waals surface area contributed by atoms with Crippen molar-refractivity contribution in [3.05, 3.63) is 59.7 Å². The van der Waals surface area contributed by atoms with Crippen LogP contribution in [0.2, 0.25) is 0 Å². The van der Waals surface area contributed by atoms with Crippen molar-refractivity contribution in [2.24, 2.45) is 0 Å². The zero-order valence-electron chi connectivity index (χ0n) is 12.7. The largest absolute Gasteiger partial charge is 0.295 e. The Bertz CT molecular complexity index is 568. The van der Waals surface area contributed by atoms with Crippen LogP contribution in [-0.4, -0.2) is 27.5 Å². The lowest BCUT2D eigenvalue weighted by atomic mass is 10.0. The van der Waals surface area contributed by atoms with Gasteiger partial charge in [-0.05, 0) is 69.0 Å². The molecule has 1 saturated heterocycles. The van der Waals surface area contributed by atoms with Gasteiger partial charge in [-0.15, -0.1) is 0 Å². The van der Waals surface area contributed by atoms with Crippen molar-refractivity contribution < 1.29 is 0 Å². The molecule has 3 heteroatoms. The molecule has 0 unspecified atom stereocenters. The van der Waals surface area contributed by atoms with Gasteiger partial charge in [-0.2, -0.15) is 0 Å². The molecule has 0 saturated carbocycles. The quantitative estimate of drug-likeness (QED) is 0.841. The third kappa shape index (κ3) is 3.88. The lowest BCUT2D eigenvalue weighted by Gasteiger charge is -2.24. The lowest BCUT2D eigenvalue weighted by molar-refractivity contribution is 0.232. The molecule has 3 nitrogen and oxygen atoms in total. The number of aryl methyl sites for hydroxylation is 2. The van der Waals surface area contributed by atoms with E-state index in [1.54, 1.807) is 0 Å². The summed E-state index contributed by atoms with van der Waals surface area (Å²) >= 11 is 0. The van der Waals surface area contributed by atoms with Gasteiger partial charge in [0.2, 0.25) is 0 Å². The Hall–Kier alpha value is -1.74. The maximum absolute atomic E-state index is 4.46. The van der Waals surface area contributed by atoms with Gasteiger partial charge in [-0.1, -0.05) is 6.07 Å². The van der Waals surface area contributed by atoms with E-state index in [2.05, 4.69) is 46.1 Å². The third-order valence-corrected chi connectivity index (χ3v) is 4.32.